The second-order valence-corrected chi connectivity index (χ2v) is 5.20. The van der Waals surface area contributed by atoms with Crippen molar-refractivity contribution in [1.82, 2.24) is 4.98 Å². The Labute approximate surface area is 127 Å². The maximum Gasteiger partial charge on any atom is 0.0714 e. The molecule has 108 valence electrons. The summed E-state index contributed by atoms with van der Waals surface area (Å²) in [6, 6.07) is 17.3. The van der Waals surface area contributed by atoms with E-state index in [0.717, 1.165) is 11.2 Å². The van der Waals surface area contributed by atoms with Crippen molar-refractivity contribution >= 4 is 10.9 Å². The highest BCUT2D eigenvalue weighted by atomic mass is 14.7. The predicted octanol–water partition coefficient (Wildman–Crippen LogP) is 5.85. The average Bonchev–Trinajstić information content (AvgIpc) is 2.49. The minimum Gasteiger partial charge on any atom is -0.253 e. The lowest BCUT2D eigenvalue weighted by Gasteiger charge is -2.09. The predicted molar refractivity (Wildman–Crippen MR) is 92.7 cm³/mol. The summed E-state index contributed by atoms with van der Waals surface area (Å²) in [7, 11) is 0. The van der Waals surface area contributed by atoms with E-state index in [9.17, 15) is 0 Å². The molecule has 1 heteroatoms. The fourth-order valence-electron chi connectivity index (χ4n) is 2.44. The first kappa shape index (κ1) is 15.2. The smallest absolute Gasteiger partial charge is 0.0714 e. The van der Waals surface area contributed by atoms with Crippen molar-refractivity contribution in [3.05, 3.63) is 65.4 Å². The molecule has 0 fully saturated rings. The molecule has 1 nitrogen and oxygen atoms in total. The number of hydrogen-bond acceptors (Lipinski definition) is 1. The molecule has 0 unspecified atom stereocenters. The molecule has 3 aromatic rings. The van der Waals surface area contributed by atoms with Gasteiger partial charge in [-0.25, -0.2) is 0 Å². The summed E-state index contributed by atoms with van der Waals surface area (Å²) in [4.78, 5) is 4.64. The van der Waals surface area contributed by atoms with Crippen LogP contribution in [0.4, 0.5) is 0 Å². The highest BCUT2D eigenvalue weighted by molar-refractivity contribution is 5.95. The van der Waals surface area contributed by atoms with E-state index >= 15 is 0 Å². The average molecular weight is 277 g/mol. The van der Waals surface area contributed by atoms with Gasteiger partial charge in [0, 0.05) is 11.1 Å². The molecule has 0 N–H and O–H groups in total. The van der Waals surface area contributed by atoms with Gasteiger partial charge in [-0.3, -0.25) is 4.98 Å². The molecule has 1 aromatic heterocycles. The summed E-state index contributed by atoms with van der Waals surface area (Å²) in [5.41, 5.74) is 7.20. The van der Waals surface area contributed by atoms with Gasteiger partial charge in [0.2, 0.25) is 0 Å². The Bertz CT molecular complexity index is 734. The number of benzene rings is 2. The lowest BCUT2D eigenvalue weighted by Crippen LogP contribution is -1.89. The van der Waals surface area contributed by atoms with Crippen LogP contribution in [0.3, 0.4) is 0 Å². The topological polar surface area (TPSA) is 12.9 Å². The van der Waals surface area contributed by atoms with E-state index in [4.69, 9.17) is 0 Å². The molecular weight excluding hydrogens is 254 g/mol. The summed E-state index contributed by atoms with van der Waals surface area (Å²) in [5, 5.41) is 1.22. The van der Waals surface area contributed by atoms with Crippen molar-refractivity contribution in [2.75, 3.05) is 0 Å². The fourth-order valence-corrected chi connectivity index (χ4v) is 2.44. The molecule has 0 saturated carbocycles. The van der Waals surface area contributed by atoms with Gasteiger partial charge in [0.1, 0.15) is 0 Å². The van der Waals surface area contributed by atoms with E-state index in [1.54, 1.807) is 0 Å². The zero-order valence-electron chi connectivity index (χ0n) is 13.6. The highest BCUT2D eigenvalue weighted by Crippen LogP contribution is 2.29. The first-order chi connectivity index (χ1) is 10.1. The molecule has 0 amide bonds. The van der Waals surface area contributed by atoms with Gasteiger partial charge in [-0.05, 0) is 49.6 Å². The Morgan fingerprint density at radius 1 is 0.714 bits per heavy atom. The van der Waals surface area contributed by atoms with Gasteiger partial charge in [0.25, 0.3) is 0 Å². The Morgan fingerprint density at radius 2 is 1.33 bits per heavy atom. The first-order valence-electron chi connectivity index (χ1n) is 7.58. The largest absolute Gasteiger partial charge is 0.253 e. The summed E-state index contributed by atoms with van der Waals surface area (Å²) in [6.07, 6.45) is 0. The van der Waals surface area contributed by atoms with E-state index in [1.807, 2.05) is 13.8 Å². The SMILES string of the molecule is CC.Cc1ccc(-c2cc(C)nc3cc(C)ccc23)cc1. The molecule has 0 saturated heterocycles. The standard InChI is InChI=1S/C18H17N.C2H6/c1-12-4-7-15(8-5-12)17-11-14(3)19-18-10-13(2)6-9-16(17)18;1-2/h4-11H,1-3H3;1-2H3. The molecule has 0 aliphatic rings. The van der Waals surface area contributed by atoms with Gasteiger partial charge in [-0.1, -0.05) is 55.8 Å². The zero-order valence-corrected chi connectivity index (χ0v) is 13.6. The number of aromatic nitrogens is 1. The molecule has 0 aliphatic carbocycles. The van der Waals surface area contributed by atoms with Crippen molar-refractivity contribution in [1.29, 1.82) is 0 Å². The van der Waals surface area contributed by atoms with Gasteiger partial charge < -0.3 is 0 Å². The first-order valence-corrected chi connectivity index (χ1v) is 7.58. The van der Waals surface area contributed by atoms with Crippen LogP contribution in [-0.4, -0.2) is 4.98 Å². The molecule has 0 atom stereocenters. The van der Waals surface area contributed by atoms with Crippen LogP contribution in [0.2, 0.25) is 0 Å². The minimum absolute atomic E-state index is 1.06. The van der Waals surface area contributed by atoms with Gasteiger partial charge >= 0.3 is 0 Å². The van der Waals surface area contributed by atoms with Crippen LogP contribution in [0.15, 0.2) is 48.5 Å². The van der Waals surface area contributed by atoms with Crippen LogP contribution >= 0.6 is 0 Å². The van der Waals surface area contributed by atoms with E-state index < -0.39 is 0 Å². The third-order valence-corrected chi connectivity index (χ3v) is 3.46. The molecule has 2 aromatic carbocycles. The Morgan fingerprint density at radius 3 is 2.00 bits per heavy atom. The molecule has 0 aliphatic heterocycles. The van der Waals surface area contributed by atoms with Crippen LogP contribution in [-0.2, 0) is 0 Å². The van der Waals surface area contributed by atoms with Crippen molar-refractivity contribution in [2.45, 2.75) is 34.6 Å². The maximum atomic E-state index is 4.64. The molecule has 1 heterocycles. The third-order valence-electron chi connectivity index (χ3n) is 3.46. The molecule has 0 radical (unpaired) electrons. The van der Waals surface area contributed by atoms with Gasteiger partial charge in [0.05, 0.1) is 5.52 Å². The van der Waals surface area contributed by atoms with Crippen LogP contribution in [0.25, 0.3) is 22.0 Å². The molecule has 0 bridgehead atoms. The van der Waals surface area contributed by atoms with E-state index in [2.05, 4.69) is 74.3 Å². The van der Waals surface area contributed by atoms with Crippen LogP contribution in [0.5, 0.6) is 0 Å². The normalized spacial score (nSPS) is 10.1. The van der Waals surface area contributed by atoms with Crippen molar-refractivity contribution < 1.29 is 0 Å². The number of nitrogens with zero attached hydrogens (tertiary/aromatic N) is 1. The second-order valence-electron chi connectivity index (χ2n) is 5.20. The zero-order chi connectivity index (χ0) is 15.4. The summed E-state index contributed by atoms with van der Waals surface area (Å²) < 4.78 is 0. The molecule has 21 heavy (non-hydrogen) atoms. The number of fused-ring (bicyclic) bond motifs is 1. The second kappa shape index (κ2) is 6.53. The lowest BCUT2D eigenvalue weighted by atomic mass is 9.98. The number of hydrogen-bond donors (Lipinski definition) is 0. The van der Waals surface area contributed by atoms with Gasteiger partial charge in [-0.2, -0.15) is 0 Å². The van der Waals surface area contributed by atoms with Crippen LogP contribution < -0.4 is 0 Å². The fraction of sp³-hybridized carbons (Fsp3) is 0.250. The Hall–Kier alpha value is -2.15. The van der Waals surface area contributed by atoms with Crippen molar-refractivity contribution in [2.24, 2.45) is 0 Å². The number of rotatable bonds is 1. The van der Waals surface area contributed by atoms with Crippen LogP contribution in [0, 0.1) is 20.8 Å². The van der Waals surface area contributed by atoms with Crippen molar-refractivity contribution in [3.63, 3.8) is 0 Å². The lowest BCUT2D eigenvalue weighted by molar-refractivity contribution is 1.25. The van der Waals surface area contributed by atoms with Crippen LogP contribution in [0.1, 0.15) is 30.7 Å². The highest BCUT2D eigenvalue weighted by Gasteiger charge is 2.06. The molecule has 0 spiro atoms. The monoisotopic (exact) mass is 277 g/mol. The summed E-state index contributed by atoms with van der Waals surface area (Å²) >= 11 is 0. The van der Waals surface area contributed by atoms with E-state index in [-0.39, 0.29) is 0 Å². The third kappa shape index (κ3) is 3.30. The molecular formula is C20H23N. The van der Waals surface area contributed by atoms with E-state index in [0.29, 0.717) is 0 Å². The summed E-state index contributed by atoms with van der Waals surface area (Å²) in [5.74, 6) is 0. The Kier molecular flexibility index (Phi) is 4.74. The number of aryl methyl sites for hydroxylation is 3. The maximum absolute atomic E-state index is 4.64. The summed E-state index contributed by atoms with van der Waals surface area (Å²) in [6.45, 7) is 10.3. The quantitative estimate of drug-likeness (QED) is 0.543. The van der Waals surface area contributed by atoms with Gasteiger partial charge in [0.15, 0.2) is 0 Å². The van der Waals surface area contributed by atoms with Crippen molar-refractivity contribution in [3.8, 4) is 11.1 Å². The van der Waals surface area contributed by atoms with E-state index in [1.165, 1.54) is 27.6 Å². The van der Waals surface area contributed by atoms with Gasteiger partial charge in [-0.15, -0.1) is 0 Å². The minimum atomic E-state index is 1.06. The molecule has 3 rings (SSSR count). The Balaban J connectivity index is 0.000000774. The number of pyridine rings is 1.